The third-order valence-electron chi connectivity index (χ3n) is 6.46. The van der Waals surface area contributed by atoms with Crippen molar-refractivity contribution in [2.75, 3.05) is 32.1 Å². The van der Waals surface area contributed by atoms with Crippen molar-refractivity contribution < 1.29 is 23.5 Å². The van der Waals surface area contributed by atoms with Crippen LogP contribution in [0.2, 0.25) is 5.02 Å². The van der Waals surface area contributed by atoms with Crippen LogP contribution in [0.3, 0.4) is 0 Å². The fraction of sp³-hybridized carbons (Fsp3) is 0.346. The molecule has 0 atom stereocenters. The smallest absolute Gasteiger partial charge is 0.410 e. The Bertz CT molecular complexity index is 1390. The fourth-order valence-corrected chi connectivity index (χ4v) is 5.07. The van der Waals surface area contributed by atoms with Crippen LogP contribution in [0.25, 0.3) is 11.3 Å². The van der Waals surface area contributed by atoms with Gasteiger partial charge in [-0.25, -0.2) is 9.18 Å². The highest BCUT2D eigenvalue weighted by Crippen LogP contribution is 2.47. The maximum atomic E-state index is 15.0. The molecule has 0 aliphatic carbocycles. The molecule has 2 aliphatic rings. The zero-order chi connectivity index (χ0) is 26.5. The molecule has 0 saturated carbocycles. The van der Waals surface area contributed by atoms with Gasteiger partial charge in [-0.2, -0.15) is 0 Å². The first-order valence-electron chi connectivity index (χ1n) is 11.7. The van der Waals surface area contributed by atoms with E-state index in [9.17, 15) is 14.0 Å². The second kappa shape index (κ2) is 8.95. The van der Waals surface area contributed by atoms with Crippen LogP contribution in [0.4, 0.5) is 20.6 Å². The lowest BCUT2D eigenvalue weighted by Crippen LogP contribution is -2.67. The van der Waals surface area contributed by atoms with Gasteiger partial charge in [0.05, 0.1) is 46.4 Å². The van der Waals surface area contributed by atoms with E-state index in [1.807, 2.05) is 20.8 Å². The molecule has 0 unspecified atom stereocenters. The van der Waals surface area contributed by atoms with E-state index in [2.05, 4.69) is 20.6 Å². The Morgan fingerprint density at radius 3 is 2.70 bits per heavy atom. The zero-order valence-electron chi connectivity index (χ0n) is 20.9. The van der Waals surface area contributed by atoms with E-state index in [1.54, 1.807) is 23.1 Å². The van der Waals surface area contributed by atoms with Crippen LogP contribution in [-0.2, 0) is 10.2 Å². The van der Waals surface area contributed by atoms with E-state index in [0.29, 0.717) is 58.7 Å². The second-order valence-electron chi connectivity index (χ2n) is 10.2. The van der Waals surface area contributed by atoms with E-state index < -0.39 is 22.9 Å². The molecule has 2 amide bonds. The van der Waals surface area contributed by atoms with Crippen molar-refractivity contribution in [2.45, 2.75) is 31.8 Å². The Kier molecular flexibility index (Phi) is 6.02. The minimum Gasteiger partial charge on any atom is -0.493 e. The molecule has 1 fully saturated rings. The first-order chi connectivity index (χ1) is 17.5. The average Bonchev–Trinajstić information content (AvgIpc) is 3.17. The normalized spacial score (nSPS) is 16.1. The Labute approximate surface area is 218 Å². The molecule has 3 N–H and O–H groups in total. The SMILES string of the molecule is COc1c(Cl)cccc1Nc1c(-c2ccncc2F)[nH]c2c1C(=O)NCC21CN(C(=O)OC(C)(C)C)C1. The highest BCUT2D eigenvalue weighted by Gasteiger charge is 2.53. The van der Waals surface area contributed by atoms with Gasteiger partial charge < -0.3 is 30.0 Å². The van der Waals surface area contributed by atoms with Crippen LogP contribution in [-0.4, -0.2) is 59.2 Å². The van der Waals surface area contributed by atoms with Crippen LogP contribution >= 0.6 is 11.6 Å². The number of fused-ring (bicyclic) bond motifs is 2. The summed E-state index contributed by atoms with van der Waals surface area (Å²) in [5, 5.41) is 6.57. The number of halogens is 2. The summed E-state index contributed by atoms with van der Waals surface area (Å²) in [6.07, 6.45) is 2.17. The minimum atomic E-state index is -0.628. The maximum Gasteiger partial charge on any atom is 0.410 e. The number of benzene rings is 1. The number of nitrogens with one attached hydrogen (secondary N) is 3. The molecule has 0 radical (unpaired) electrons. The van der Waals surface area contributed by atoms with Crippen LogP contribution in [0.5, 0.6) is 5.75 Å². The van der Waals surface area contributed by atoms with E-state index in [0.717, 1.165) is 6.20 Å². The van der Waals surface area contributed by atoms with Gasteiger partial charge in [-0.3, -0.25) is 9.78 Å². The number of H-pyrrole nitrogens is 1. The summed E-state index contributed by atoms with van der Waals surface area (Å²) in [4.78, 5) is 34.6. The van der Waals surface area contributed by atoms with Crippen LogP contribution in [0.1, 0.15) is 36.8 Å². The number of para-hydroxylation sites is 1. The molecule has 2 aliphatic heterocycles. The summed E-state index contributed by atoms with van der Waals surface area (Å²) in [5.41, 5.74) is 1.22. The molecule has 11 heteroatoms. The molecule has 9 nitrogen and oxygen atoms in total. The molecule has 1 aromatic carbocycles. The Hall–Kier alpha value is -3.79. The topological polar surface area (TPSA) is 109 Å². The quantitative estimate of drug-likeness (QED) is 0.447. The summed E-state index contributed by atoms with van der Waals surface area (Å²) in [6, 6.07) is 6.71. The molecule has 4 heterocycles. The number of methoxy groups -OCH3 is 1. The van der Waals surface area contributed by atoms with Crippen LogP contribution in [0, 0.1) is 5.82 Å². The van der Waals surface area contributed by atoms with E-state index >= 15 is 0 Å². The number of pyridine rings is 1. The van der Waals surface area contributed by atoms with Gasteiger partial charge in [0.2, 0.25) is 0 Å². The molecule has 5 rings (SSSR count). The van der Waals surface area contributed by atoms with E-state index in [-0.39, 0.29) is 11.5 Å². The minimum absolute atomic E-state index is 0.235. The first-order valence-corrected chi connectivity index (χ1v) is 12.1. The summed E-state index contributed by atoms with van der Waals surface area (Å²) in [5.74, 6) is -0.497. The number of carbonyl (C=O) groups is 2. The van der Waals surface area contributed by atoms with Gasteiger partial charge in [0.15, 0.2) is 11.6 Å². The molecular weight excluding hydrogens is 501 g/mol. The lowest BCUT2D eigenvalue weighted by Gasteiger charge is -2.51. The number of carbonyl (C=O) groups excluding carboxylic acids is 2. The fourth-order valence-electron chi connectivity index (χ4n) is 4.82. The van der Waals surface area contributed by atoms with Crippen LogP contribution < -0.4 is 15.4 Å². The Balaban J connectivity index is 1.61. The van der Waals surface area contributed by atoms with E-state index in [1.165, 1.54) is 19.4 Å². The van der Waals surface area contributed by atoms with Crippen molar-refractivity contribution in [1.29, 1.82) is 0 Å². The highest BCUT2D eigenvalue weighted by molar-refractivity contribution is 6.32. The highest BCUT2D eigenvalue weighted by atomic mass is 35.5. The Morgan fingerprint density at radius 1 is 1.27 bits per heavy atom. The van der Waals surface area contributed by atoms with Gasteiger partial charge in [0.25, 0.3) is 5.91 Å². The van der Waals surface area contributed by atoms with Crippen molar-refractivity contribution >= 4 is 35.0 Å². The summed E-state index contributed by atoms with van der Waals surface area (Å²) >= 11 is 6.32. The molecule has 37 heavy (non-hydrogen) atoms. The number of rotatable bonds is 4. The number of hydrogen-bond acceptors (Lipinski definition) is 6. The van der Waals surface area contributed by atoms with Crippen LogP contribution in [0.15, 0.2) is 36.7 Å². The molecule has 3 aromatic rings. The largest absolute Gasteiger partial charge is 0.493 e. The molecule has 1 saturated heterocycles. The van der Waals surface area contributed by atoms with E-state index in [4.69, 9.17) is 21.1 Å². The van der Waals surface area contributed by atoms with Crippen molar-refractivity contribution in [2.24, 2.45) is 0 Å². The average molecular weight is 528 g/mol. The number of anilines is 2. The Morgan fingerprint density at radius 2 is 2.03 bits per heavy atom. The predicted octanol–water partition coefficient (Wildman–Crippen LogP) is 4.85. The summed E-state index contributed by atoms with van der Waals surface area (Å²) in [7, 11) is 1.49. The van der Waals surface area contributed by atoms with Gasteiger partial charge in [-0.05, 0) is 39.0 Å². The third kappa shape index (κ3) is 4.35. The number of amides is 2. The van der Waals surface area contributed by atoms with Crippen molar-refractivity contribution in [3.05, 3.63) is 58.8 Å². The zero-order valence-corrected chi connectivity index (χ0v) is 21.6. The van der Waals surface area contributed by atoms with Gasteiger partial charge in [0, 0.05) is 37.1 Å². The molecule has 1 spiro atoms. The third-order valence-corrected chi connectivity index (χ3v) is 6.75. The number of hydrogen-bond donors (Lipinski definition) is 3. The number of likely N-dealkylation sites (tertiary alicyclic amines) is 1. The monoisotopic (exact) mass is 527 g/mol. The first kappa shape index (κ1) is 24.9. The predicted molar refractivity (Wildman–Crippen MR) is 137 cm³/mol. The summed E-state index contributed by atoms with van der Waals surface area (Å²) < 4.78 is 25.9. The van der Waals surface area contributed by atoms with Crippen molar-refractivity contribution in [3.63, 3.8) is 0 Å². The maximum absolute atomic E-state index is 15.0. The molecular formula is C26H27ClFN5O4. The number of aromatic nitrogens is 2. The second-order valence-corrected chi connectivity index (χ2v) is 10.6. The van der Waals surface area contributed by atoms with Gasteiger partial charge >= 0.3 is 6.09 Å². The van der Waals surface area contributed by atoms with Gasteiger partial charge in [0.1, 0.15) is 5.60 Å². The summed E-state index contributed by atoms with van der Waals surface area (Å²) in [6.45, 7) is 6.39. The number of ether oxygens (including phenoxy) is 2. The molecule has 194 valence electrons. The molecule has 0 bridgehead atoms. The number of nitrogens with zero attached hydrogens (tertiary/aromatic N) is 2. The standard InChI is InChI=1S/C26H27ClFN5O4/c1-25(2,3)37-24(35)33-12-26(13-33)11-30-23(34)18-20(31-17-7-5-6-15(27)21(17)36-4)19(32-22(18)26)14-8-9-29-10-16(14)28/h5-10,31-32H,11-13H2,1-4H3,(H,30,34). The van der Waals surface area contributed by atoms with Crippen molar-refractivity contribution in [3.8, 4) is 17.0 Å². The molecule has 2 aromatic heterocycles. The lowest BCUT2D eigenvalue weighted by atomic mass is 9.73. The van der Waals surface area contributed by atoms with Gasteiger partial charge in [-0.15, -0.1) is 0 Å². The van der Waals surface area contributed by atoms with Gasteiger partial charge in [-0.1, -0.05) is 17.7 Å². The number of aromatic amines is 1. The lowest BCUT2D eigenvalue weighted by molar-refractivity contribution is -0.0113. The van der Waals surface area contributed by atoms with Crippen molar-refractivity contribution in [1.82, 2.24) is 20.2 Å².